The molecule has 2 aromatic carbocycles. The maximum Gasteiger partial charge on any atom is 0.0639 e. The molecule has 0 radical (unpaired) electrons. The second-order valence-electron chi connectivity index (χ2n) is 5.61. The standard InChI is InChI=1S/C18H21Cl2N/c1-11-8-9-15(12(2)10-11)13(3)21-14(4)16-6-5-7-17(19)18(16)20/h5-10,13-14,21H,1-4H3. The molecule has 2 atom stereocenters. The van der Waals surface area contributed by atoms with Gasteiger partial charge in [0.05, 0.1) is 10.0 Å². The van der Waals surface area contributed by atoms with Gasteiger partial charge in [0.1, 0.15) is 0 Å². The third-order valence-corrected chi connectivity index (χ3v) is 4.67. The first-order chi connectivity index (χ1) is 9.90. The molecule has 0 fully saturated rings. The highest BCUT2D eigenvalue weighted by atomic mass is 35.5. The molecule has 2 aromatic rings. The van der Waals surface area contributed by atoms with Gasteiger partial charge in [0.25, 0.3) is 0 Å². The summed E-state index contributed by atoms with van der Waals surface area (Å²) in [6, 6.07) is 12.7. The van der Waals surface area contributed by atoms with Gasteiger partial charge < -0.3 is 5.32 Å². The highest BCUT2D eigenvalue weighted by Gasteiger charge is 2.16. The number of halogens is 2. The van der Waals surface area contributed by atoms with Crippen LogP contribution >= 0.6 is 23.2 Å². The first-order valence-electron chi connectivity index (χ1n) is 7.17. The third kappa shape index (κ3) is 3.79. The van der Waals surface area contributed by atoms with E-state index in [1.165, 1.54) is 16.7 Å². The molecule has 0 spiro atoms. The first-order valence-corrected chi connectivity index (χ1v) is 7.93. The molecule has 0 aliphatic rings. The van der Waals surface area contributed by atoms with Gasteiger partial charge in [-0.3, -0.25) is 0 Å². The average molecular weight is 322 g/mol. The lowest BCUT2D eigenvalue weighted by molar-refractivity contribution is 0.493. The van der Waals surface area contributed by atoms with Gasteiger partial charge in [0.2, 0.25) is 0 Å². The molecule has 3 heteroatoms. The van der Waals surface area contributed by atoms with Crippen LogP contribution in [-0.4, -0.2) is 0 Å². The molecule has 0 bridgehead atoms. The van der Waals surface area contributed by atoms with Gasteiger partial charge in [-0.15, -0.1) is 0 Å². The second kappa shape index (κ2) is 6.83. The molecular formula is C18H21Cl2N. The van der Waals surface area contributed by atoms with Crippen LogP contribution < -0.4 is 5.32 Å². The van der Waals surface area contributed by atoms with E-state index in [0.717, 1.165) is 5.56 Å². The fraction of sp³-hybridized carbons (Fsp3) is 0.333. The van der Waals surface area contributed by atoms with Crippen molar-refractivity contribution >= 4 is 23.2 Å². The zero-order valence-electron chi connectivity index (χ0n) is 12.9. The molecule has 0 aromatic heterocycles. The monoisotopic (exact) mass is 321 g/mol. The topological polar surface area (TPSA) is 12.0 Å². The Hall–Kier alpha value is -1.02. The Morgan fingerprint density at radius 3 is 2.24 bits per heavy atom. The second-order valence-corrected chi connectivity index (χ2v) is 6.40. The molecule has 2 unspecified atom stereocenters. The minimum atomic E-state index is 0.131. The summed E-state index contributed by atoms with van der Waals surface area (Å²) in [5.41, 5.74) is 4.93. The Morgan fingerprint density at radius 2 is 1.57 bits per heavy atom. The van der Waals surface area contributed by atoms with Crippen LogP contribution in [-0.2, 0) is 0 Å². The van der Waals surface area contributed by atoms with E-state index in [1.54, 1.807) is 0 Å². The van der Waals surface area contributed by atoms with Gasteiger partial charge in [0.15, 0.2) is 0 Å². The average Bonchev–Trinajstić information content (AvgIpc) is 2.41. The first kappa shape index (κ1) is 16.4. The summed E-state index contributed by atoms with van der Waals surface area (Å²) in [7, 11) is 0. The Morgan fingerprint density at radius 1 is 0.905 bits per heavy atom. The van der Waals surface area contributed by atoms with Crippen LogP contribution in [0.25, 0.3) is 0 Å². The van der Waals surface area contributed by atoms with Crippen molar-refractivity contribution < 1.29 is 0 Å². The largest absolute Gasteiger partial charge is 0.304 e. The van der Waals surface area contributed by atoms with Gasteiger partial charge in [-0.25, -0.2) is 0 Å². The van der Waals surface area contributed by atoms with Crippen LogP contribution in [0.3, 0.4) is 0 Å². The van der Waals surface area contributed by atoms with Crippen molar-refractivity contribution in [1.29, 1.82) is 0 Å². The van der Waals surface area contributed by atoms with Crippen LogP contribution in [0.5, 0.6) is 0 Å². The highest BCUT2D eigenvalue weighted by Crippen LogP contribution is 2.31. The summed E-state index contributed by atoms with van der Waals surface area (Å²) in [6.07, 6.45) is 0. The highest BCUT2D eigenvalue weighted by molar-refractivity contribution is 6.42. The van der Waals surface area contributed by atoms with Gasteiger partial charge in [-0.2, -0.15) is 0 Å². The van der Waals surface area contributed by atoms with Gasteiger partial charge in [0, 0.05) is 12.1 Å². The van der Waals surface area contributed by atoms with Crippen LogP contribution in [0.15, 0.2) is 36.4 Å². The minimum absolute atomic E-state index is 0.131. The van der Waals surface area contributed by atoms with E-state index in [2.05, 4.69) is 51.2 Å². The molecule has 0 saturated heterocycles. The predicted octanol–water partition coefficient (Wildman–Crippen LogP) is 6.02. The predicted molar refractivity (Wildman–Crippen MR) is 92.3 cm³/mol. The van der Waals surface area contributed by atoms with Crippen molar-refractivity contribution in [3.05, 3.63) is 68.7 Å². The van der Waals surface area contributed by atoms with E-state index in [1.807, 2.05) is 18.2 Å². The molecule has 0 heterocycles. The molecule has 112 valence electrons. The van der Waals surface area contributed by atoms with Crippen LogP contribution in [0.4, 0.5) is 0 Å². The number of hydrogen-bond donors (Lipinski definition) is 1. The molecule has 1 nitrogen and oxygen atoms in total. The molecule has 0 saturated carbocycles. The summed E-state index contributed by atoms with van der Waals surface area (Å²) in [4.78, 5) is 0. The normalized spacial score (nSPS) is 14.0. The van der Waals surface area contributed by atoms with E-state index in [-0.39, 0.29) is 12.1 Å². The molecule has 0 aliphatic carbocycles. The van der Waals surface area contributed by atoms with Crippen molar-refractivity contribution in [3.8, 4) is 0 Å². The number of hydrogen-bond acceptors (Lipinski definition) is 1. The summed E-state index contributed by atoms with van der Waals surface area (Å²) in [6.45, 7) is 8.55. The maximum absolute atomic E-state index is 6.30. The van der Waals surface area contributed by atoms with Gasteiger partial charge in [-0.05, 0) is 50.5 Å². The molecule has 2 rings (SSSR count). The molecular weight excluding hydrogens is 301 g/mol. The molecule has 1 N–H and O–H groups in total. The minimum Gasteiger partial charge on any atom is -0.304 e. The SMILES string of the molecule is Cc1ccc(C(C)NC(C)c2cccc(Cl)c2Cl)c(C)c1. The van der Waals surface area contributed by atoms with Crippen LogP contribution in [0.1, 0.15) is 48.2 Å². The maximum atomic E-state index is 6.30. The van der Waals surface area contributed by atoms with Crippen LogP contribution in [0.2, 0.25) is 10.0 Å². The number of benzene rings is 2. The summed E-state index contributed by atoms with van der Waals surface area (Å²) < 4.78 is 0. The quantitative estimate of drug-likeness (QED) is 0.725. The Balaban J connectivity index is 2.18. The smallest absolute Gasteiger partial charge is 0.0639 e. The van der Waals surface area contributed by atoms with E-state index >= 15 is 0 Å². The third-order valence-electron chi connectivity index (χ3n) is 3.84. The Bertz CT molecular complexity index is 637. The fourth-order valence-electron chi connectivity index (χ4n) is 2.72. The van der Waals surface area contributed by atoms with Crippen molar-refractivity contribution in [1.82, 2.24) is 5.32 Å². The lowest BCUT2D eigenvalue weighted by Crippen LogP contribution is -2.23. The van der Waals surface area contributed by atoms with E-state index in [9.17, 15) is 0 Å². The van der Waals surface area contributed by atoms with E-state index < -0.39 is 0 Å². The molecule has 0 aliphatic heterocycles. The van der Waals surface area contributed by atoms with Crippen molar-refractivity contribution in [2.45, 2.75) is 39.8 Å². The Labute approximate surface area is 137 Å². The number of nitrogens with one attached hydrogen (secondary N) is 1. The van der Waals surface area contributed by atoms with Gasteiger partial charge in [-0.1, -0.05) is 59.1 Å². The number of aryl methyl sites for hydroxylation is 2. The molecule has 0 amide bonds. The van der Waals surface area contributed by atoms with Crippen LogP contribution in [0, 0.1) is 13.8 Å². The molecule has 21 heavy (non-hydrogen) atoms. The lowest BCUT2D eigenvalue weighted by Gasteiger charge is -2.23. The van der Waals surface area contributed by atoms with Crippen molar-refractivity contribution in [2.75, 3.05) is 0 Å². The summed E-state index contributed by atoms with van der Waals surface area (Å²) >= 11 is 12.4. The number of rotatable bonds is 4. The Kier molecular flexibility index (Phi) is 5.32. The summed E-state index contributed by atoms with van der Waals surface area (Å²) in [5, 5.41) is 4.83. The van der Waals surface area contributed by atoms with E-state index in [0.29, 0.717) is 10.0 Å². The van der Waals surface area contributed by atoms with Gasteiger partial charge >= 0.3 is 0 Å². The summed E-state index contributed by atoms with van der Waals surface area (Å²) in [5.74, 6) is 0. The zero-order chi connectivity index (χ0) is 15.6. The lowest BCUT2D eigenvalue weighted by atomic mass is 9.99. The fourth-order valence-corrected chi connectivity index (χ4v) is 3.19. The van der Waals surface area contributed by atoms with Crippen molar-refractivity contribution in [2.24, 2.45) is 0 Å². The zero-order valence-corrected chi connectivity index (χ0v) is 14.4. The van der Waals surface area contributed by atoms with E-state index in [4.69, 9.17) is 23.2 Å². The van der Waals surface area contributed by atoms with Crippen molar-refractivity contribution in [3.63, 3.8) is 0 Å².